The van der Waals surface area contributed by atoms with Gasteiger partial charge in [-0.15, -0.1) is 0 Å². The van der Waals surface area contributed by atoms with Gasteiger partial charge in [-0.2, -0.15) is 0 Å². The van der Waals surface area contributed by atoms with Crippen LogP contribution in [-0.2, 0) is 24.2 Å². The van der Waals surface area contributed by atoms with Crippen LogP contribution >= 0.6 is 0 Å². The van der Waals surface area contributed by atoms with Gasteiger partial charge >= 0.3 is 6.03 Å². The van der Waals surface area contributed by atoms with E-state index in [0.29, 0.717) is 50.8 Å². The third kappa shape index (κ3) is 5.29. The number of aliphatic hydroxyl groups is 1. The average Bonchev–Trinajstić information content (AvgIpc) is 3.13. The lowest BCUT2D eigenvalue weighted by molar-refractivity contribution is 0.0812. The lowest BCUT2D eigenvalue weighted by atomic mass is 10.00. The number of urea groups is 1. The number of hydrogen-bond donors (Lipinski definition) is 1. The molecule has 32 heavy (non-hydrogen) atoms. The van der Waals surface area contributed by atoms with Crippen molar-refractivity contribution >= 4 is 11.8 Å². The molecule has 0 aliphatic carbocycles. The Labute approximate surface area is 189 Å². The molecule has 1 saturated heterocycles. The van der Waals surface area contributed by atoms with Crippen LogP contribution in [0, 0.1) is 0 Å². The second-order valence-corrected chi connectivity index (χ2v) is 8.47. The van der Waals surface area contributed by atoms with Gasteiger partial charge in [0.2, 0.25) is 0 Å². The molecule has 0 bridgehead atoms. The SMILES string of the molecule is C=C(OCC)c1ccc(CN2CCN(CC(O)CN3CCc4ccccc4C3)C2=O)cn1. The van der Waals surface area contributed by atoms with E-state index in [1.165, 1.54) is 11.1 Å². The van der Waals surface area contributed by atoms with Crippen molar-refractivity contribution in [3.05, 3.63) is 71.6 Å². The smallest absolute Gasteiger partial charge is 0.320 e. The van der Waals surface area contributed by atoms with Crippen molar-refractivity contribution in [2.75, 3.05) is 39.3 Å². The number of β-amino-alcohol motifs (C(OH)–C–C–N with tert-alkyl or cyclic N) is 1. The molecule has 7 nitrogen and oxygen atoms in total. The molecule has 0 saturated carbocycles. The van der Waals surface area contributed by atoms with Gasteiger partial charge in [-0.1, -0.05) is 36.9 Å². The Morgan fingerprint density at radius 1 is 1.12 bits per heavy atom. The molecule has 1 aromatic carbocycles. The van der Waals surface area contributed by atoms with Gasteiger partial charge < -0.3 is 19.6 Å². The summed E-state index contributed by atoms with van der Waals surface area (Å²) in [5.41, 5.74) is 4.39. The number of fused-ring (bicyclic) bond motifs is 1. The Kier molecular flexibility index (Phi) is 7.07. The Bertz CT molecular complexity index is 946. The van der Waals surface area contributed by atoms with Crippen LogP contribution in [0.2, 0.25) is 0 Å². The molecule has 2 aliphatic heterocycles. The minimum Gasteiger partial charge on any atom is -0.492 e. The van der Waals surface area contributed by atoms with E-state index in [1.807, 2.05) is 19.1 Å². The molecule has 1 aromatic heterocycles. The third-order valence-electron chi connectivity index (χ3n) is 6.09. The zero-order valence-electron chi connectivity index (χ0n) is 18.7. The fourth-order valence-corrected chi connectivity index (χ4v) is 4.42. The second kappa shape index (κ2) is 10.1. The van der Waals surface area contributed by atoms with Gasteiger partial charge in [0, 0.05) is 52.0 Å². The van der Waals surface area contributed by atoms with Gasteiger partial charge in [0.25, 0.3) is 0 Å². The number of carbonyl (C=O) groups excluding carboxylic acids is 1. The van der Waals surface area contributed by atoms with Crippen LogP contribution in [0.5, 0.6) is 0 Å². The maximum atomic E-state index is 12.8. The molecular weight excluding hydrogens is 404 g/mol. The van der Waals surface area contributed by atoms with E-state index in [0.717, 1.165) is 25.1 Å². The van der Waals surface area contributed by atoms with E-state index in [9.17, 15) is 9.90 Å². The van der Waals surface area contributed by atoms with Crippen LogP contribution < -0.4 is 0 Å². The molecule has 1 N–H and O–H groups in total. The van der Waals surface area contributed by atoms with E-state index in [2.05, 4.69) is 40.7 Å². The molecular formula is C25H32N4O3. The van der Waals surface area contributed by atoms with Crippen LogP contribution in [0.3, 0.4) is 0 Å². The highest BCUT2D eigenvalue weighted by atomic mass is 16.5. The predicted molar refractivity (Wildman–Crippen MR) is 124 cm³/mol. The van der Waals surface area contributed by atoms with E-state index in [4.69, 9.17) is 4.74 Å². The number of carbonyl (C=O) groups is 1. The first-order valence-corrected chi connectivity index (χ1v) is 11.3. The van der Waals surface area contributed by atoms with Gasteiger partial charge in [-0.3, -0.25) is 9.88 Å². The highest BCUT2D eigenvalue weighted by Crippen LogP contribution is 2.20. The number of nitrogens with zero attached hydrogens (tertiary/aromatic N) is 4. The van der Waals surface area contributed by atoms with E-state index in [-0.39, 0.29) is 6.03 Å². The summed E-state index contributed by atoms with van der Waals surface area (Å²) in [6.45, 7) is 10.8. The third-order valence-corrected chi connectivity index (χ3v) is 6.09. The summed E-state index contributed by atoms with van der Waals surface area (Å²) in [6, 6.07) is 12.3. The number of benzene rings is 1. The minimum absolute atomic E-state index is 0.0316. The number of pyridine rings is 1. The quantitative estimate of drug-likeness (QED) is 0.612. The number of ether oxygens (including phenoxy) is 1. The summed E-state index contributed by atoms with van der Waals surface area (Å²) >= 11 is 0. The van der Waals surface area contributed by atoms with Crippen LogP contribution in [-0.4, -0.2) is 76.3 Å². The van der Waals surface area contributed by atoms with Crippen LogP contribution in [0.25, 0.3) is 5.76 Å². The molecule has 170 valence electrons. The number of amides is 2. The first kappa shape index (κ1) is 22.3. The first-order valence-electron chi connectivity index (χ1n) is 11.3. The molecule has 3 heterocycles. The van der Waals surface area contributed by atoms with Gasteiger partial charge in [0.05, 0.1) is 12.7 Å². The average molecular weight is 437 g/mol. The summed E-state index contributed by atoms with van der Waals surface area (Å²) in [5, 5.41) is 10.6. The van der Waals surface area contributed by atoms with Crippen molar-refractivity contribution in [1.82, 2.24) is 19.7 Å². The summed E-state index contributed by atoms with van der Waals surface area (Å²) < 4.78 is 5.39. The predicted octanol–water partition coefficient (Wildman–Crippen LogP) is 2.75. The topological polar surface area (TPSA) is 69.1 Å². The highest BCUT2D eigenvalue weighted by molar-refractivity contribution is 5.76. The fourth-order valence-electron chi connectivity index (χ4n) is 4.42. The number of rotatable bonds is 9. The van der Waals surface area contributed by atoms with Crippen molar-refractivity contribution in [3.63, 3.8) is 0 Å². The lowest BCUT2D eigenvalue weighted by Gasteiger charge is -2.31. The lowest BCUT2D eigenvalue weighted by Crippen LogP contribution is -2.43. The summed E-state index contributed by atoms with van der Waals surface area (Å²) in [4.78, 5) is 23.1. The zero-order valence-corrected chi connectivity index (χ0v) is 18.7. The Hall–Kier alpha value is -2.90. The molecule has 0 radical (unpaired) electrons. The number of aromatic nitrogens is 1. The Morgan fingerprint density at radius 3 is 2.66 bits per heavy atom. The van der Waals surface area contributed by atoms with Crippen molar-refractivity contribution in [3.8, 4) is 0 Å². The molecule has 2 aromatic rings. The molecule has 1 unspecified atom stereocenters. The molecule has 7 heteroatoms. The first-order chi connectivity index (χ1) is 15.5. The Balaban J connectivity index is 1.26. The molecule has 1 fully saturated rings. The van der Waals surface area contributed by atoms with Gasteiger partial charge in [0.1, 0.15) is 11.5 Å². The minimum atomic E-state index is -0.560. The number of hydrogen-bond acceptors (Lipinski definition) is 5. The molecule has 0 spiro atoms. The van der Waals surface area contributed by atoms with Gasteiger partial charge in [-0.05, 0) is 36.1 Å². The fraction of sp³-hybridized carbons (Fsp3) is 0.440. The van der Waals surface area contributed by atoms with E-state index < -0.39 is 6.10 Å². The van der Waals surface area contributed by atoms with Gasteiger partial charge in [0.15, 0.2) is 0 Å². The Morgan fingerprint density at radius 2 is 1.91 bits per heavy atom. The van der Waals surface area contributed by atoms with Gasteiger partial charge in [-0.25, -0.2) is 4.79 Å². The maximum Gasteiger partial charge on any atom is 0.320 e. The summed E-state index contributed by atoms with van der Waals surface area (Å²) in [7, 11) is 0. The molecule has 2 aliphatic rings. The van der Waals surface area contributed by atoms with Crippen molar-refractivity contribution in [2.24, 2.45) is 0 Å². The second-order valence-electron chi connectivity index (χ2n) is 8.47. The van der Waals surface area contributed by atoms with Crippen molar-refractivity contribution in [2.45, 2.75) is 32.5 Å². The van der Waals surface area contributed by atoms with Crippen molar-refractivity contribution < 1.29 is 14.6 Å². The standard InChI is InChI=1S/C25H32N4O3/c1-3-32-19(2)24-9-8-20(14-26-24)15-28-12-13-29(25(28)31)18-23(30)17-27-11-10-21-6-4-5-7-22(21)16-27/h4-9,14,23,30H,2-3,10-13,15-18H2,1H3. The highest BCUT2D eigenvalue weighted by Gasteiger charge is 2.30. The van der Waals surface area contributed by atoms with Crippen LogP contribution in [0.4, 0.5) is 4.79 Å². The molecule has 2 amide bonds. The largest absolute Gasteiger partial charge is 0.492 e. The zero-order chi connectivity index (χ0) is 22.5. The van der Waals surface area contributed by atoms with Crippen LogP contribution in [0.1, 0.15) is 29.3 Å². The maximum absolute atomic E-state index is 12.8. The van der Waals surface area contributed by atoms with E-state index in [1.54, 1.807) is 16.0 Å². The normalized spacial score (nSPS) is 17.4. The van der Waals surface area contributed by atoms with Crippen molar-refractivity contribution in [1.29, 1.82) is 0 Å². The monoisotopic (exact) mass is 436 g/mol. The molecule has 4 rings (SSSR count). The number of aliphatic hydroxyl groups excluding tert-OH is 1. The summed E-state index contributed by atoms with van der Waals surface area (Å²) in [5.74, 6) is 0.550. The van der Waals surface area contributed by atoms with Crippen LogP contribution in [0.15, 0.2) is 49.2 Å². The summed E-state index contributed by atoms with van der Waals surface area (Å²) in [6.07, 6.45) is 2.21. The molecule has 1 atom stereocenters. The van der Waals surface area contributed by atoms with E-state index >= 15 is 0 Å².